The molecule has 0 aliphatic carbocycles. The maximum absolute atomic E-state index is 11.9. The van der Waals surface area contributed by atoms with Gasteiger partial charge in [0.2, 0.25) is 0 Å². The molecular formula is C16H14Br2O3. The molecule has 2 aromatic rings. The zero-order valence-electron chi connectivity index (χ0n) is 11.7. The first-order valence-corrected chi connectivity index (χ1v) is 7.90. The Morgan fingerprint density at radius 2 is 1.57 bits per heavy atom. The number of aryl methyl sites for hydroxylation is 2. The predicted molar refractivity (Wildman–Crippen MR) is 88.9 cm³/mol. The lowest BCUT2D eigenvalue weighted by Crippen LogP contribution is -2.18. The monoisotopic (exact) mass is 412 g/mol. The zero-order valence-corrected chi connectivity index (χ0v) is 14.8. The molecule has 3 nitrogen and oxygen atoms in total. The van der Waals surface area contributed by atoms with Crippen molar-refractivity contribution in [2.75, 3.05) is 6.61 Å². The molecule has 5 heteroatoms. The largest absolute Gasteiger partial charge is 0.482 e. The summed E-state index contributed by atoms with van der Waals surface area (Å²) in [6, 6.07) is 11.1. The first-order chi connectivity index (χ1) is 9.95. The van der Waals surface area contributed by atoms with Crippen LogP contribution in [0.15, 0.2) is 45.3 Å². The molecule has 21 heavy (non-hydrogen) atoms. The van der Waals surface area contributed by atoms with Crippen LogP contribution in [0.2, 0.25) is 0 Å². The molecule has 0 radical (unpaired) electrons. The first kappa shape index (κ1) is 16.0. The Kier molecular flexibility index (Phi) is 5.42. The number of hydrogen-bond donors (Lipinski definition) is 0. The highest BCUT2D eigenvalue weighted by atomic mass is 79.9. The van der Waals surface area contributed by atoms with Gasteiger partial charge in [0.25, 0.3) is 0 Å². The van der Waals surface area contributed by atoms with E-state index in [1.165, 1.54) is 0 Å². The molecule has 0 bridgehead atoms. The average Bonchev–Trinajstić information content (AvgIpc) is 2.42. The smallest absolute Gasteiger partial charge is 0.349 e. The number of hydrogen-bond acceptors (Lipinski definition) is 3. The van der Waals surface area contributed by atoms with E-state index in [1.807, 2.05) is 38.1 Å². The van der Waals surface area contributed by atoms with E-state index in [1.54, 1.807) is 12.1 Å². The molecule has 2 aromatic carbocycles. The summed E-state index contributed by atoms with van der Waals surface area (Å²) in [5.74, 6) is 0.786. The highest BCUT2D eigenvalue weighted by Gasteiger charge is 2.11. The number of benzene rings is 2. The molecule has 0 saturated heterocycles. The van der Waals surface area contributed by atoms with E-state index >= 15 is 0 Å². The Morgan fingerprint density at radius 1 is 1.00 bits per heavy atom. The molecule has 0 aromatic heterocycles. The van der Waals surface area contributed by atoms with Crippen molar-refractivity contribution in [2.24, 2.45) is 0 Å². The minimum atomic E-state index is -0.425. The molecule has 110 valence electrons. The van der Waals surface area contributed by atoms with Gasteiger partial charge >= 0.3 is 5.97 Å². The van der Waals surface area contributed by atoms with E-state index in [-0.39, 0.29) is 6.61 Å². The number of esters is 1. The van der Waals surface area contributed by atoms with Crippen molar-refractivity contribution >= 4 is 37.8 Å². The van der Waals surface area contributed by atoms with Gasteiger partial charge in [-0.2, -0.15) is 0 Å². The molecule has 0 saturated carbocycles. The summed E-state index contributed by atoms with van der Waals surface area (Å²) >= 11 is 6.75. The minimum Gasteiger partial charge on any atom is -0.482 e. The number of halogens is 2. The zero-order chi connectivity index (χ0) is 15.4. The normalized spacial score (nSPS) is 10.3. The SMILES string of the molecule is Cc1cc(Br)cc(C)c1OC(=O)COc1ccc(Br)cc1. The third kappa shape index (κ3) is 4.58. The summed E-state index contributed by atoms with van der Waals surface area (Å²) in [6.45, 7) is 3.67. The van der Waals surface area contributed by atoms with E-state index in [4.69, 9.17) is 9.47 Å². The fraction of sp³-hybridized carbons (Fsp3) is 0.188. The van der Waals surface area contributed by atoms with Gasteiger partial charge in [-0.25, -0.2) is 4.79 Å². The Labute approximate surface area is 140 Å². The van der Waals surface area contributed by atoms with Crippen LogP contribution in [-0.4, -0.2) is 12.6 Å². The molecule has 0 heterocycles. The summed E-state index contributed by atoms with van der Waals surface area (Å²) in [4.78, 5) is 11.9. The summed E-state index contributed by atoms with van der Waals surface area (Å²) in [7, 11) is 0. The van der Waals surface area contributed by atoms with Gasteiger partial charge in [-0.3, -0.25) is 0 Å². The molecule has 0 fully saturated rings. The van der Waals surface area contributed by atoms with Crippen LogP contribution < -0.4 is 9.47 Å². The standard InChI is InChI=1S/C16H14Br2O3/c1-10-7-13(18)8-11(2)16(10)21-15(19)9-20-14-5-3-12(17)4-6-14/h3-8H,9H2,1-2H3. The van der Waals surface area contributed by atoms with E-state index < -0.39 is 5.97 Å². The fourth-order valence-electron chi connectivity index (χ4n) is 1.87. The van der Waals surface area contributed by atoms with Crippen LogP contribution in [0.5, 0.6) is 11.5 Å². The average molecular weight is 414 g/mol. The van der Waals surface area contributed by atoms with Gasteiger partial charge in [0.15, 0.2) is 6.61 Å². The van der Waals surface area contributed by atoms with Crippen molar-refractivity contribution in [3.8, 4) is 11.5 Å². The maximum atomic E-state index is 11.9. The van der Waals surface area contributed by atoms with E-state index in [0.717, 1.165) is 20.1 Å². The van der Waals surface area contributed by atoms with E-state index in [0.29, 0.717) is 11.5 Å². The van der Waals surface area contributed by atoms with Gasteiger partial charge in [0.1, 0.15) is 11.5 Å². The lowest BCUT2D eigenvalue weighted by atomic mass is 10.1. The number of ether oxygens (including phenoxy) is 2. The number of rotatable bonds is 4. The Balaban J connectivity index is 1.97. The van der Waals surface area contributed by atoms with Crippen molar-refractivity contribution in [1.29, 1.82) is 0 Å². The van der Waals surface area contributed by atoms with Crippen molar-refractivity contribution in [3.05, 3.63) is 56.5 Å². The van der Waals surface area contributed by atoms with Crippen molar-refractivity contribution in [3.63, 3.8) is 0 Å². The number of carbonyl (C=O) groups is 1. The Morgan fingerprint density at radius 3 is 2.14 bits per heavy atom. The van der Waals surface area contributed by atoms with Gasteiger partial charge in [-0.15, -0.1) is 0 Å². The summed E-state index contributed by atoms with van der Waals surface area (Å²) in [6.07, 6.45) is 0. The van der Waals surface area contributed by atoms with Crippen LogP contribution in [-0.2, 0) is 4.79 Å². The van der Waals surface area contributed by atoms with Crippen LogP contribution in [0.3, 0.4) is 0 Å². The molecular weight excluding hydrogens is 400 g/mol. The summed E-state index contributed by atoms with van der Waals surface area (Å²) < 4.78 is 12.7. The molecule has 0 spiro atoms. The molecule has 0 unspecified atom stereocenters. The van der Waals surface area contributed by atoms with Crippen molar-refractivity contribution in [1.82, 2.24) is 0 Å². The van der Waals surface area contributed by atoms with Gasteiger partial charge < -0.3 is 9.47 Å². The second kappa shape index (κ2) is 7.09. The van der Waals surface area contributed by atoms with Gasteiger partial charge in [-0.1, -0.05) is 31.9 Å². The van der Waals surface area contributed by atoms with Gasteiger partial charge in [-0.05, 0) is 61.4 Å². The molecule has 0 aliphatic rings. The topological polar surface area (TPSA) is 35.5 Å². The Bertz CT molecular complexity index is 628. The molecule has 0 atom stereocenters. The van der Waals surface area contributed by atoms with Crippen molar-refractivity contribution < 1.29 is 14.3 Å². The minimum absolute atomic E-state index is 0.128. The first-order valence-electron chi connectivity index (χ1n) is 6.31. The van der Waals surface area contributed by atoms with Crippen LogP contribution in [0.4, 0.5) is 0 Å². The molecule has 0 aliphatic heterocycles. The van der Waals surface area contributed by atoms with E-state index in [9.17, 15) is 4.79 Å². The highest BCUT2D eigenvalue weighted by molar-refractivity contribution is 9.10. The molecule has 0 N–H and O–H groups in total. The van der Waals surface area contributed by atoms with Crippen LogP contribution in [0, 0.1) is 13.8 Å². The fourth-order valence-corrected chi connectivity index (χ4v) is 2.83. The lowest BCUT2D eigenvalue weighted by Gasteiger charge is -2.11. The van der Waals surface area contributed by atoms with Crippen molar-refractivity contribution in [2.45, 2.75) is 13.8 Å². The predicted octanol–water partition coefficient (Wildman–Crippen LogP) is 4.81. The second-order valence-corrected chi connectivity index (χ2v) is 6.42. The molecule has 2 rings (SSSR count). The summed E-state index contributed by atoms with van der Waals surface area (Å²) in [5.41, 5.74) is 1.80. The molecule has 0 amide bonds. The second-order valence-electron chi connectivity index (χ2n) is 4.59. The quantitative estimate of drug-likeness (QED) is 0.532. The van der Waals surface area contributed by atoms with Gasteiger partial charge in [0.05, 0.1) is 0 Å². The lowest BCUT2D eigenvalue weighted by molar-refractivity contribution is -0.136. The van der Waals surface area contributed by atoms with Crippen LogP contribution >= 0.6 is 31.9 Å². The van der Waals surface area contributed by atoms with Crippen LogP contribution in [0.25, 0.3) is 0 Å². The summed E-state index contributed by atoms with van der Waals surface area (Å²) in [5, 5.41) is 0. The third-order valence-electron chi connectivity index (χ3n) is 2.81. The third-order valence-corrected chi connectivity index (χ3v) is 3.80. The Hall–Kier alpha value is -1.33. The van der Waals surface area contributed by atoms with Crippen LogP contribution in [0.1, 0.15) is 11.1 Å². The highest BCUT2D eigenvalue weighted by Crippen LogP contribution is 2.27. The van der Waals surface area contributed by atoms with Gasteiger partial charge in [0, 0.05) is 8.95 Å². The van der Waals surface area contributed by atoms with E-state index in [2.05, 4.69) is 31.9 Å². The number of carbonyl (C=O) groups excluding carboxylic acids is 1. The maximum Gasteiger partial charge on any atom is 0.349 e.